The first-order chi connectivity index (χ1) is 10.2. The number of aryl methyl sites for hydroxylation is 1. The molecule has 0 amide bonds. The van der Waals surface area contributed by atoms with Crippen LogP contribution in [0.1, 0.15) is 30.9 Å². The highest BCUT2D eigenvalue weighted by Crippen LogP contribution is 2.18. The molecule has 2 aromatic carbocycles. The van der Waals surface area contributed by atoms with Crippen molar-refractivity contribution in [3.05, 3.63) is 59.4 Å². The first-order valence-electron chi connectivity index (χ1n) is 7.41. The molecule has 0 heterocycles. The number of benzene rings is 2. The van der Waals surface area contributed by atoms with E-state index in [4.69, 9.17) is 4.74 Å². The van der Waals surface area contributed by atoms with Crippen LogP contribution in [0, 0.1) is 12.7 Å². The van der Waals surface area contributed by atoms with Crippen LogP contribution in [0.15, 0.2) is 42.5 Å². The van der Waals surface area contributed by atoms with Crippen LogP contribution < -0.4 is 10.1 Å². The summed E-state index contributed by atoms with van der Waals surface area (Å²) in [6.45, 7) is 5.52. The van der Waals surface area contributed by atoms with E-state index in [9.17, 15) is 4.39 Å². The smallest absolute Gasteiger partial charge is 0.123 e. The van der Waals surface area contributed by atoms with E-state index in [1.165, 1.54) is 17.7 Å². The molecule has 2 nitrogen and oxygen atoms in total. The first-order valence-corrected chi connectivity index (χ1v) is 7.41. The van der Waals surface area contributed by atoms with E-state index in [0.717, 1.165) is 36.4 Å². The third-order valence-electron chi connectivity index (χ3n) is 3.36. The van der Waals surface area contributed by atoms with E-state index in [0.29, 0.717) is 6.54 Å². The van der Waals surface area contributed by atoms with Gasteiger partial charge in [0.15, 0.2) is 0 Å². The average molecular weight is 287 g/mol. The molecule has 0 spiro atoms. The summed E-state index contributed by atoms with van der Waals surface area (Å²) in [6, 6.07) is 12.9. The summed E-state index contributed by atoms with van der Waals surface area (Å²) in [4.78, 5) is 0. The largest absolute Gasteiger partial charge is 0.494 e. The molecule has 0 saturated carbocycles. The van der Waals surface area contributed by atoms with Gasteiger partial charge < -0.3 is 10.1 Å². The van der Waals surface area contributed by atoms with Crippen molar-refractivity contribution >= 4 is 5.69 Å². The van der Waals surface area contributed by atoms with E-state index >= 15 is 0 Å². The van der Waals surface area contributed by atoms with Gasteiger partial charge in [0.05, 0.1) is 6.61 Å². The molecular formula is C18H22FNO. The SMILES string of the molecule is CCCCOc1ccc(CNc2ccc(F)cc2C)cc1. The third kappa shape index (κ3) is 4.78. The topological polar surface area (TPSA) is 21.3 Å². The van der Waals surface area contributed by atoms with Gasteiger partial charge in [-0.2, -0.15) is 0 Å². The van der Waals surface area contributed by atoms with Crippen molar-refractivity contribution in [2.45, 2.75) is 33.2 Å². The Hall–Kier alpha value is -2.03. The van der Waals surface area contributed by atoms with Crippen LogP contribution in [0.2, 0.25) is 0 Å². The summed E-state index contributed by atoms with van der Waals surface area (Å²) >= 11 is 0. The second-order valence-corrected chi connectivity index (χ2v) is 5.16. The molecule has 0 aliphatic carbocycles. The summed E-state index contributed by atoms with van der Waals surface area (Å²) in [5.41, 5.74) is 3.04. The van der Waals surface area contributed by atoms with Crippen molar-refractivity contribution in [1.29, 1.82) is 0 Å². The maximum atomic E-state index is 13.0. The fourth-order valence-electron chi connectivity index (χ4n) is 2.06. The molecule has 3 heteroatoms. The minimum Gasteiger partial charge on any atom is -0.494 e. The molecular weight excluding hydrogens is 265 g/mol. The summed E-state index contributed by atoms with van der Waals surface area (Å²) in [7, 11) is 0. The molecule has 2 rings (SSSR count). The average Bonchev–Trinajstić information content (AvgIpc) is 2.48. The lowest BCUT2D eigenvalue weighted by Gasteiger charge is -2.10. The molecule has 0 bridgehead atoms. The van der Waals surface area contributed by atoms with Gasteiger partial charge in [0, 0.05) is 12.2 Å². The normalized spacial score (nSPS) is 10.4. The number of hydrogen-bond acceptors (Lipinski definition) is 2. The molecule has 112 valence electrons. The van der Waals surface area contributed by atoms with Gasteiger partial charge in [0.1, 0.15) is 11.6 Å². The van der Waals surface area contributed by atoms with Gasteiger partial charge in [-0.25, -0.2) is 4.39 Å². The number of hydrogen-bond donors (Lipinski definition) is 1. The Morgan fingerprint density at radius 3 is 2.52 bits per heavy atom. The van der Waals surface area contributed by atoms with Crippen LogP contribution in [0.5, 0.6) is 5.75 Å². The van der Waals surface area contributed by atoms with Crippen LogP contribution in [-0.4, -0.2) is 6.61 Å². The minimum absolute atomic E-state index is 0.202. The van der Waals surface area contributed by atoms with Crippen molar-refractivity contribution in [3.8, 4) is 5.75 Å². The summed E-state index contributed by atoms with van der Waals surface area (Å²) in [6.07, 6.45) is 2.21. The predicted molar refractivity (Wildman–Crippen MR) is 85.3 cm³/mol. The molecule has 21 heavy (non-hydrogen) atoms. The molecule has 0 unspecified atom stereocenters. The molecule has 0 aliphatic rings. The first kappa shape index (κ1) is 15.4. The molecule has 0 aliphatic heterocycles. The Labute approximate surface area is 126 Å². The number of rotatable bonds is 7. The van der Waals surface area contributed by atoms with Gasteiger partial charge in [0.25, 0.3) is 0 Å². The van der Waals surface area contributed by atoms with E-state index in [1.54, 1.807) is 6.07 Å². The fraction of sp³-hybridized carbons (Fsp3) is 0.333. The summed E-state index contributed by atoms with van der Waals surface area (Å²) < 4.78 is 18.7. The predicted octanol–water partition coefficient (Wildman–Crippen LogP) is 4.93. The van der Waals surface area contributed by atoms with Crippen LogP contribution in [0.3, 0.4) is 0 Å². The molecule has 0 aromatic heterocycles. The highest BCUT2D eigenvalue weighted by atomic mass is 19.1. The highest BCUT2D eigenvalue weighted by molar-refractivity contribution is 5.51. The van der Waals surface area contributed by atoms with E-state index in [1.807, 2.05) is 31.2 Å². The lowest BCUT2D eigenvalue weighted by atomic mass is 10.1. The Balaban J connectivity index is 1.88. The molecule has 0 radical (unpaired) electrons. The zero-order valence-electron chi connectivity index (χ0n) is 12.7. The Morgan fingerprint density at radius 1 is 1.10 bits per heavy atom. The number of unbranched alkanes of at least 4 members (excludes halogenated alkanes) is 1. The molecule has 0 saturated heterocycles. The second-order valence-electron chi connectivity index (χ2n) is 5.16. The maximum Gasteiger partial charge on any atom is 0.123 e. The summed E-state index contributed by atoms with van der Waals surface area (Å²) in [5.74, 6) is 0.705. The van der Waals surface area contributed by atoms with Gasteiger partial charge in [-0.15, -0.1) is 0 Å². The summed E-state index contributed by atoms with van der Waals surface area (Å²) in [5, 5.41) is 3.32. The van der Waals surface area contributed by atoms with Crippen molar-refractivity contribution in [2.24, 2.45) is 0 Å². The zero-order valence-corrected chi connectivity index (χ0v) is 12.7. The number of anilines is 1. The molecule has 1 N–H and O–H groups in total. The van der Waals surface area contributed by atoms with Crippen molar-refractivity contribution in [2.75, 3.05) is 11.9 Å². The molecule has 2 aromatic rings. The quantitative estimate of drug-likeness (QED) is 0.729. The van der Waals surface area contributed by atoms with E-state index in [2.05, 4.69) is 12.2 Å². The van der Waals surface area contributed by atoms with Crippen molar-refractivity contribution < 1.29 is 9.13 Å². The maximum absolute atomic E-state index is 13.0. The second kappa shape index (κ2) is 7.67. The number of halogens is 1. The monoisotopic (exact) mass is 287 g/mol. The van der Waals surface area contributed by atoms with Crippen LogP contribution in [-0.2, 0) is 6.54 Å². The number of nitrogens with one attached hydrogen (secondary N) is 1. The van der Waals surface area contributed by atoms with E-state index < -0.39 is 0 Å². The lowest BCUT2D eigenvalue weighted by molar-refractivity contribution is 0.309. The lowest BCUT2D eigenvalue weighted by Crippen LogP contribution is -2.01. The van der Waals surface area contributed by atoms with Crippen LogP contribution >= 0.6 is 0 Å². The van der Waals surface area contributed by atoms with Crippen LogP contribution in [0.25, 0.3) is 0 Å². The van der Waals surface area contributed by atoms with Gasteiger partial charge in [-0.1, -0.05) is 25.5 Å². The Morgan fingerprint density at radius 2 is 1.86 bits per heavy atom. The molecule has 0 atom stereocenters. The fourth-order valence-corrected chi connectivity index (χ4v) is 2.06. The van der Waals surface area contributed by atoms with Gasteiger partial charge in [0.2, 0.25) is 0 Å². The minimum atomic E-state index is -0.202. The van der Waals surface area contributed by atoms with Crippen molar-refractivity contribution in [3.63, 3.8) is 0 Å². The van der Waals surface area contributed by atoms with Gasteiger partial charge in [-0.3, -0.25) is 0 Å². The van der Waals surface area contributed by atoms with Crippen LogP contribution in [0.4, 0.5) is 10.1 Å². The number of ether oxygens (including phenoxy) is 1. The van der Waals surface area contributed by atoms with Gasteiger partial charge >= 0.3 is 0 Å². The van der Waals surface area contributed by atoms with E-state index in [-0.39, 0.29) is 5.82 Å². The third-order valence-corrected chi connectivity index (χ3v) is 3.36. The molecule has 0 fully saturated rings. The Kier molecular flexibility index (Phi) is 5.61. The van der Waals surface area contributed by atoms with Crippen molar-refractivity contribution in [1.82, 2.24) is 0 Å². The zero-order chi connectivity index (χ0) is 15.1. The Bertz CT molecular complexity index is 566. The highest BCUT2D eigenvalue weighted by Gasteiger charge is 2.00. The van der Waals surface area contributed by atoms with Gasteiger partial charge in [-0.05, 0) is 54.8 Å². The standard InChI is InChI=1S/C18H22FNO/c1-3-4-11-21-17-8-5-15(6-9-17)13-20-18-10-7-16(19)12-14(18)2/h5-10,12,20H,3-4,11,13H2,1-2H3.